The van der Waals surface area contributed by atoms with Crippen LogP contribution in [0.4, 0.5) is 0 Å². The third-order valence-electron chi connectivity index (χ3n) is 2.19. The van der Waals surface area contributed by atoms with Gasteiger partial charge < -0.3 is 10.2 Å². The van der Waals surface area contributed by atoms with Gasteiger partial charge in [0.15, 0.2) is 0 Å². The third kappa shape index (κ3) is 2.28. The van der Waals surface area contributed by atoms with E-state index in [-0.39, 0.29) is 5.91 Å². The highest BCUT2D eigenvalue weighted by molar-refractivity contribution is 5.96. The zero-order valence-electron chi connectivity index (χ0n) is 8.09. The van der Waals surface area contributed by atoms with Crippen LogP contribution in [0.5, 0.6) is 0 Å². The lowest BCUT2D eigenvalue weighted by molar-refractivity contribution is -0.137. The average Bonchev–Trinajstić information content (AvgIpc) is 2.18. The molecule has 0 aromatic heterocycles. The Labute approximate surface area is 78.3 Å². The Morgan fingerprint density at radius 3 is 2.38 bits per heavy atom. The number of hydrogen-bond donors (Lipinski definition) is 1. The van der Waals surface area contributed by atoms with E-state index in [9.17, 15) is 9.59 Å². The molecule has 0 atom stereocenters. The van der Waals surface area contributed by atoms with E-state index in [2.05, 4.69) is 5.32 Å². The van der Waals surface area contributed by atoms with E-state index >= 15 is 0 Å². The molecule has 1 aliphatic heterocycles. The Morgan fingerprint density at radius 1 is 1.38 bits per heavy atom. The maximum Gasteiger partial charge on any atom is 0.236 e. The first-order valence-corrected chi connectivity index (χ1v) is 4.47. The highest BCUT2D eigenvalue weighted by atomic mass is 16.2. The van der Waals surface area contributed by atoms with E-state index in [0.29, 0.717) is 13.1 Å². The van der Waals surface area contributed by atoms with Crippen LogP contribution in [0.25, 0.3) is 0 Å². The Hall–Kier alpha value is -0.900. The number of hydrogen-bond acceptors (Lipinski definition) is 3. The molecule has 1 saturated heterocycles. The summed E-state index contributed by atoms with van der Waals surface area (Å²) < 4.78 is 0. The minimum atomic E-state index is -0.989. The van der Waals surface area contributed by atoms with Crippen molar-refractivity contribution in [1.82, 2.24) is 10.2 Å². The number of carbonyl (C=O) groups excluding carboxylic acids is 2. The largest absolute Gasteiger partial charge is 0.339 e. The number of nitrogens with zero attached hydrogens (tertiary/aromatic N) is 1. The van der Waals surface area contributed by atoms with Crippen LogP contribution < -0.4 is 5.32 Å². The zero-order valence-corrected chi connectivity index (χ0v) is 8.09. The van der Waals surface area contributed by atoms with Gasteiger partial charge in [-0.15, -0.1) is 0 Å². The fourth-order valence-electron chi connectivity index (χ4n) is 1.31. The molecule has 1 fully saturated rings. The summed E-state index contributed by atoms with van der Waals surface area (Å²) in [6.07, 6.45) is 1.78. The van der Waals surface area contributed by atoms with Crippen molar-refractivity contribution in [2.45, 2.75) is 13.8 Å². The van der Waals surface area contributed by atoms with Crippen molar-refractivity contribution < 1.29 is 9.59 Å². The molecule has 1 amide bonds. The lowest BCUT2D eigenvalue weighted by Crippen LogP contribution is -2.50. The number of piperazine rings is 1. The normalized spacial score (nSPS) is 18.5. The monoisotopic (exact) mass is 183 g/mol. The Kier molecular flexibility index (Phi) is 3.03. The fraction of sp³-hybridized carbons (Fsp3) is 0.778. The Balaban J connectivity index is 2.60. The molecular weight excluding hydrogens is 168 g/mol. The summed E-state index contributed by atoms with van der Waals surface area (Å²) in [6.45, 7) is 6.18. The van der Waals surface area contributed by atoms with Gasteiger partial charge in [0.1, 0.15) is 5.41 Å². The van der Waals surface area contributed by atoms with Crippen LogP contribution in [-0.2, 0) is 9.59 Å². The van der Waals surface area contributed by atoms with E-state index < -0.39 is 5.41 Å². The van der Waals surface area contributed by atoms with Gasteiger partial charge in [-0.25, -0.2) is 0 Å². The van der Waals surface area contributed by atoms with Crippen molar-refractivity contribution in [2.24, 2.45) is 5.41 Å². The van der Waals surface area contributed by atoms with E-state index in [1.807, 2.05) is 0 Å². The van der Waals surface area contributed by atoms with Crippen LogP contribution >= 0.6 is 0 Å². The minimum absolute atomic E-state index is 0.121. The Bertz CT molecular complexity index is 208. The first kappa shape index (κ1) is 10.2. The maximum absolute atomic E-state index is 11.7. The van der Waals surface area contributed by atoms with Crippen LogP contribution in [0.1, 0.15) is 13.8 Å². The van der Waals surface area contributed by atoms with E-state index in [4.69, 9.17) is 0 Å². The van der Waals surface area contributed by atoms with Crippen LogP contribution in [0, 0.1) is 5.41 Å². The standard InChI is InChI=1S/C9H15N2O2/c1-9(2,7-12)8(13)11-5-3-10-4-6-11/h10H,3-6H2,1-2H3. The van der Waals surface area contributed by atoms with Gasteiger partial charge in [0.25, 0.3) is 0 Å². The summed E-state index contributed by atoms with van der Waals surface area (Å²) in [6, 6.07) is 0. The predicted molar refractivity (Wildman–Crippen MR) is 48.9 cm³/mol. The average molecular weight is 183 g/mol. The second kappa shape index (κ2) is 3.87. The molecule has 73 valence electrons. The van der Waals surface area contributed by atoms with Crippen LogP contribution in [0.3, 0.4) is 0 Å². The maximum atomic E-state index is 11.7. The Morgan fingerprint density at radius 2 is 1.92 bits per heavy atom. The molecular formula is C9H15N2O2. The summed E-state index contributed by atoms with van der Waals surface area (Å²) in [7, 11) is 0. The first-order chi connectivity index (χ1) is 6.08. The molecule has 4 heteroatoms. The summed E-state index contributed by atoms with van der Waals surface area (Å²) in [5.41, 5.74) is -0.989. The number of nitrogens with one attached hydrogen (secondary N) is 1. The molecule has 13 heavy (non-hydrogen) atoms. The molecule has 0 aliphatic carbocycles. The summed E-state index contributed by atoms with van der Waals surface area (Å²) in [5.74, 6) is -0.121. The smallest absolute Gasteiger partial charge is 0.236 e. The number of rotatable bonds is 2. The summed E-state index contributed by atoms with van der Waals surface area (Å²) in [5, 5.41) is 3.15. The molecule has 0 aromatic rings. The molecule has 4 nitrogen and oxygen atoms in total. The van der Waals surface area contributed by atoms with Crippen molar-refractivity contribution in [1.29, 1.82) is 0 Å². The van der Waals surface area contributed by atoms with Crippen molar-refractivity contribution in [3.05, 3.63) is 0 Å². The zero-order chi connectivity index (χ0) is 9.90. The lowest BCUT2D eigenvalue weighted by Gasteiger charge is -2.31. The molecule has 0 unspecified atom stereocenters. The van der Waals surface area contributed by atoms with Gasteiger partial charge in [-0.3, -0.25) is 9.59 Å². The number of carbonyl (C=O) groups is 1. The van der Waals surface area contributed by atoms with Crippen molar-refractivity contribution in [3.63, 3.8) is 0 Å². The van der Waals surface area contributed by atoms with E-state index in [0.717, 1.165) is 13.1 Å². The second-order valence-electron chi connectivity index (χ2n) is 3.77. The molecule has 0 spiro atoms. The lowest BCUT2D eigenvalue weighted by atomic mass is 9.93. The van der Waals surface area contributed by atoms with Gasteiger partial charge in [0, 0.05) is 26.2 Å². The summed E-state index contributed by atoms with van der Waals surface area (Å²) in [4.78, 5) is 23.9. The van der Waals surface area contributed by atoms with Gasteiger partial charge in [-0.2, -0.15) is 0 Å². The van der Waals surface area contributed by atoms with E-state index in [1.54, 1.807) is 25.0 Å². The fourth-order valence-corrected chi connectivity index (χ4v) is 1.31. The van der Waals surface area contributed by atoms with E-state index in [1.165, 1.54) is 0 Å². The minimum Gasteiger partial charge on any atom is -0.339 e. The molecule has 1 N–H and O–H groups in total. The second-order valence-corrected chi connectivity index (χ2v) is 3.77. The molecule has 1 heterocycles. The quantitative estimate of drug-likeness (QED) is 0.590. The third-order valence-corrected chi connectivity index (χ3v) is 2.19. The molecule has 1 rings (SSSR count). The van der Waals surface area contributed by atoms with Crippen LogP contribution in [0.15, 0.2) is 0 Å². The molecule has 0 saturated carbocycles. The van der Waals surface area contributed by atoms with Gasteiger partial charge in [-0.05, 0) is 13.8 Å². The molecule has 1 radical (unpaired) electrons. The van der Waals surface area contributed by atoms with Gasteiger partial charge in [-0.1, -0.05) is 0 Å². The highest BCUT2D eigenvalue weighted by Gasteiger charge is 2.32. The molecule has 0 bridgehead atoms. The predicted octanol–water partition coefficient (Wildman–Crippen LogP) is -0.446. The van der Waals surface area contributed by atoms with Gasteiger partial charge in [0.2, 0.25) is 12.2 Å². The molecule has 1 aliphatic rings. The summed E-state index contributed by atoms with van der Waals surface area (Å²) >= 11 is 0. The van der Waals surface area contributed by atoms with Crippen molar-refractivity contribution >= 4 is 12.2 Å². The van der Waals surface area contributed by atoms with Crippen LogP contribution in [-0.4, -0.2) is 43.3 Å². The van der Waals surface area contributed by atoms with Gasteiger partial charge >= 0.3 is 0 Å². The first-order valence-electron chi connectivity index (χ1n) is 4.47. The topological polar surface area (TPSA) is 49.4 Å². The SMILES string of the molecule is CC(C)([C]=O)C(=O)N1CCNCC1. The van der Waals surface area contributed by atoms with Crippen LogP contribution in [0.2, 0.25) is 0 Å². The number of amides is 1. The van der Waals surface area contributed by atoms with Gasteiger partial charge in [0.05, 0.1) is 0 Å². The van der Waals surface area contributed by atoms with Crippen molar-refractivity contribution in [3.8, 4) is 0 Å². The highest BCUT2D eigenvalue weighted by Crippen LogP contribution is 2.15. The van der Waals surface area contributed by atoms with Crippen molar-refractivity contribution in [2.75, 3.05) is 26.2 Å². The molecule has 0 aromatic carbocycles.